The van der Waals surface area contributed by atoms with Crippen molar-refractivity contribution >= 4 is 34.2 Å². The molecule has 0 aromatic rings. The van der Waals surface area contributed by atoms with Crippen molar-refractivity contribution in [3.05, 3.63) is 0 Å². The zero-order valence-electron chi connectivity index (χ0n) is 14.5. The maximum Gasteiger partial charge on any atom is 0.317 e. The van der Waals surface area contributed by atoms with Crippen molar-refractivity contribution in [2.24, 2.45) is 0 Å². The van der Waals surface area contributed by atoms with Crippen LogP contribution >= 0.6 is 0 Å². The highest BCUT2D eigenvalue weighted by Crippen LogP contribution is 2.33. The molecule has 8 heteroatoms. The zero-order valence-corrected chi connectivity index (χ0v) is 18.5. The minimum atomic E-state index is -2.19. The summed E-state index contributed by atoms with van der Waals surface area (Å²) in [5, 5.41) is 0. The molecule has 4 nitrogen and oxygen atoms in total. The van der Waals surface area contributed by atoms with Crippen LogP contribution in [0.25, 0.3) is 0 Å². The summed E-state index contributed by atoms with van der Waals surface area (Å²) in [6, 6.07) is 1.04. The first-order valence-electron chi connectivity index (χ1n) is 7.69. The molecule has 0 aromatic heterocycles. The Morgan fingerprint density at radius 3 is 1.40 bits per heavy atom. The van der Waals surface area contributed by atoms with E-state index in [-0.39, 0.29) is 0 Å². The van der Waals surface area contributed by atoms with E-state index >= 15 is 0 Å². The molecule has 1 aliphatic heterocycles. The molecule has 0 N–H and O–H groups in total. The van der Waals surface area contributed by atoms with E-state index < -0.39 is 34.2 Å². The van der Waals surface area contributed by atoms with Gasteiger partial charge in [0.05, 0.1) is 0 Å². The first-order valence-corrected chi connectivity index (χ1v) is 18.7. The highest BCUT2D eigenvalue weighted by molar-refractivity contribution is 6.93. The summed E-state index contributed by atoms with van der Waals surface area (Å²) in [7, 11) is -8.68. The van der Waals surface area contributed by atoms with E-state index in [1.807, 2.05) is 0 Å². The molecule has 0 bridgehead atoms. The predicted octanol–water partition coefficient (Wildman–Crippen LogP) is 4.43. The monoisotopic (exact) mass is 352 g/mol. The second-order valence-corrected chi connectivity index (χ2v) is 21.6. The second-order valence-electron chi connectivity index (χ2n) is 7.20. The van der Waals surface area contributed by atoms with E-state index in [4.69, 9.17) is 16.5 Å². The van der Waals surface area contributed by atoms with Crippen LogP contribution < -0.4 is 0 Å². The van der Waals surface area contributed by atoms with Gasteiger partial charge in [-0.15, -0.1) is 0 Å². The summed E-state index contributed by atoms with van der Waals surface area (Å²) in [4.78, 5) is 0. The lowest BCUT2D eigenvalue weighted by Gasteiger charge is -2.47. The molecule has 0 amide bonds. The third kappa shape index (κ3) is 6.22. The van der Waals surface area contributed by atoms with Crippen LogP contribution in [0.5, 0.6) is 0 Å². The minimum Gasteiger partial charge on any atom is -0.416 e. The fourth-order valence-electron chi connectivity index (χ4n) is 3.11. The van der Waals surface area contributed by atoms with Gasteiger partial charge >= 0.3 is 34.2 Å². The summed E-state index contributed by atoms with van der Waals surface area (Å²) in [5.74, 6) is 0. The molecular formula is C12H32O4Si4. The Labute approximate surface area is 129 Å². The van der Waals surface area contributed by atoms with E-state index in [1.165, 1.54) is 19.3 Å². The molecule has 0 saturated carbocycles. The van der Waals surface area contributed by atoms with Crippen molar-refractivity contribution in [2.45, 2.75) is 78.1 Å². The highest BCUT2D eigenvalue weighted by Gasteiger charge is 2.51. The van der Waals surface area contributed by atoms with E-state index in [9.17, 15) is 0 Å². The van der Waals surface area contributed by atoms with E-state index in [2.05, 4.69) is 52.8 Å². The third-order valence-corrected chi connectivity index (χ3v) is 19.7. The smallest absolute Gasteiger partial charge is 0.317 e. The second kappa shape index (κ2) is 6.45. The van der Waals surface area contributed by atoms with Gasteiger partial charge in [0.1, 0.15) is 0 Å². The largest absolute Gasteiger partial charge is 0.416 e. The van der Waals surface area contributed by atoms with Gasteiger partial charge in [0.15, 0.2) is 0 Å². The lowest BCUT2D eigenvalue weighted by Crippen LogP contribution is -2.64. The first kappa shape index (κ1) is 18.8. The summed E-state index contributed by atoms with van der Waals surface area (Å²) < 4.78 is 25.7. The number of rotatable bonds is 4. The van der Waals surface area contributed by atoms with Gasteiger partial charge in [0, 0.05) is 0 Å². The lowest BCUT2D eigenvalue weighted by molar-refractivity contribution is 0.233. The standard InChI is InChI=1S/C12H32O4Si4/c1-9-10-11-12-20(8)15-18(4,5)13-17(2,3)14-19(6,7)16-20/h9-12H2,1-8H3. The van der Waals surface area contributed by atoms with Crippen LogP contribution in [0.1, 0.15) is 26.2 Å². The molecule has 0 aromatic carbocycles. The molecule has 1 aliphatic rings. The molecule has 20 heavy (non-hydrogen) atoms. The fraction of sp³-hybridized carbons (Fsp3) is 1.00. The van der Waals surface area contributed by atoms with Gasteiger partial charge in [-0.2, -0.15) is 0 Å². The van der Waals surface area contributed by atoms with Crippen molar-refractivity contribution < 1.29 is 16.5 Å². The van der Waals surface area contributed by atoms with Crippen LogP contribution in [0.4, 0.5) is 0 Å². The van der Waals surface area contributed by atoms with Crippen molar-refractivity contribution in [1.82, 2.24) is 0 Å². The molecule has 0 aliphatic carbocycles. The Kier molecular flexibility index (Phi) is 6.05. The van der Waals surface area contributed by atoms with Crippen LogP contribution in [0.2, 0.25) is 51.9 Å². The SMILES string of the molecule is CCCCC[Si]1(C)O[Si](C)(C)O[Si](C)(C)O[Si](C)(C)O1. The summed E-state index contributed by atoms with van der Waals surface area (Å²) in [5.41, 5.74) is 0. The van der Waals surface area contributed by atoms with E-state index in [0.717, 1.165) is 6.04 Å². The molecule has 0 unspecified atom stereocenters. The topological polar surface area (TPSA) is 36.9 Å². The molecule has 0 spiro atoms. The van der Waals surface area contributed by atoms with E-state index in [0.29, 0.717) is 0 Å². The van der Waals surface area contributed by atoms with Crippen LogP contribution in [0.3, 0.4) is 0 Å². The summed E-state index contributed by atoms with van der Waals surface area (Å²) in [6.07, 6.45) is 3.63. The van der Waals surface area contributed by atoms with Crippen molar-refractivity contribution in [3.63, 3.8) is 0 Å². The Morgan fingerprint density at radius 2 is 1.00 bits per heavy atom. The molecule has 1 fully saturated rings. The number of hydrogen-bond donors (Lipinski definition) is 0. The average molecular weight is 353 g/mol. The van der Waals surface area contributed by atoms with Crippen molar-refractivity contribution in [3.8, 4) is 0 Å². The maximum absolute atomic E-state index is 6.51. The number of hydrogen-bond acceptors (Lipinski definition) is 4. The molecular weight excluding hydrogens is 320 g/mol. The zero-order chi connectivity index (χ0) is 15.7. The fourth-order valence-corrected chi connectivity index (χ4v) is 24.8. The minimum absolute atomic E-state index is 1.04. The van der Waals surface area contributed by atoms with Crippen LogP contribution in [0.15, 0.2) is 0 Å². The molecule has 1 saturated heterocycles. The van der Waals surface area contributed by atoms with Crippen molar-refractivity contribution in [1.29, 1.82) is 0 Å². The van der Waals surface area contributed by atoms with Crippen molar-refractivity contribution in [2.75, 3.05) is 0 Å². The van der Waals surface area contributed by atoms with Gasteiger partial charge in [-0.1, -0.05) is 26.2 Å². The molecule has 120 valence electrons. The summed E-state index contributed by atoms with van der Waals surface area (Å²) >= 11 is 0. The van der Waals surface area contributed by atoms with Gasteiger partial charge in [-0.3, -0.25) is 0 Å². The Hall–Kier alpha value is 0.708. The first-order chi connectivity index (χ1) is 8.89. The summed E-state index contributed by atoms with van der Waals surface area (Å²) in [6.45, 7) is 17.1. The number of unbranched alkanes of at least 4 members (excludes halogenated alkanes) is 2. The predicted molar refractivity (Wildman–Crippen MR) is 92.7 cm³/mol. The van der Waals surface area contributed by atoms with E-state index in [1.54, 1.807) is 0 Å². The highest BCUT2D eigenvalue weighted by atomic mass is 28.5. The van der Waals surface area contributed by atoms with Gasteiger partial charge in [0.25, 0.3) is 0 Å². The lowest BCUT2D eigenvalue weighted by atomic mass is 10.3. The quantitative estimate of drug-likeness (QED) is 0.554. The maximum atomic E-state index is 6.51. The Bertz CT molecular complexity index is 311. The van der Waals surface area contributed by atoms with Gasteiger partial charge in [-0.05, 0) is 51.9 Å². The molecule has 1 rings (SSSR count). The average Bonchev–Trinajstić information content (AvgIpc) is 2.08. The Morgan fingerprint density at radius 1 is 0.600 bits per heavy atom. The molecule has 0 radical (unpaired) electrons. The van der Waals surface area contributed by atoms with Gasteiger partial charge < -0.3 is 16.5 Å². The van der Waals surface area contributed by atoms with Crippen LogP contribution in [0, 0.1) is 0 Å². The molecule has 0 atom stereocenters. The third-order valence-electron chi connectivity index (χ3n) is 3.14. The van der Waals surface area contributed by atoms with Crippen LogP contribution in [-0.4, -0.2) is 34.2 Å². The van der Waals surface area contributed by atoms with Gasteiger partial charge in [-0.25, -0.2) is 0 Å². The molecule has 1 heterocycles. The van der Waals surface area contributed by atoms with Gasteiger partial charge in [0.2, 0.25) is 0 Å². The van der Waals surface area contributed by atoms with Crippen LogP contribution in [-0.2, 0) is 16.5 Å². The normalized spacial score (nSPS) is 27.6. The Balaban J connectivity index is 2.90.